The van der Waals surface area contributed by atoms with Crippen molar-refractivity contribution in [3.63, 3.8) is 0 Å². The lowest BCUT2D eigenvalue weighted by molar-refractivity contribution is -0.120. The van der Waals surface area contributed by atoms with E-state index < -0.39 is 7.14 Å². The van der Waals surface area contributed by atoms with Crippen LogP contribution in [0, 0.1) is 5.92 Å². The van der Waals surface area contributed by atoms with E-state index in [9.17, 15) is 14.2 Å². The van der Waals surface area contributed by atoms with Crippen molar-refractivity contribution in [1.82, 2.24) is 25.1 Å². The van der Waals surface area contributed by atoms with Gasteiger partial charge in [-0.2, -0.15) is 4.98 Å². The van der Waals surface area contributed by atoms with Crippen LogP contribution in [-0.4, -0.2) is 124 Å². The number of halogens is 1. The van der Waals surface area contributed by atoms with Crippen molar-refractivity contribution in [3.05, 3.63) is 77.9 Å². The number of aromatic nitrogens is 2. The van der Waals surface area contributed by atoms with E-state index in [1.165, 1.54) is 25.1 Å². The Labute approximate surface area is 358 Å². The second-order valence-corrected chi connectivity index (χ2v) is 20.2. The van der Waals surface area contributed by atoms with E-state index in [1.54, 1.807) is 31.5 Å². The van der Waals surface area contributed by atoms with Gasteiger partial charge in [-0.05, 0) is 93.5 Å². The van der Waals surface area contributed by atoms with E-state index in [1.807, 2.05) is 42.5 Å². The maximum Gasteiger partial charge on any atom is 0.328 e. The predicted octanol–water partition coefficient (Wildman–Crippen LogP) is 6.82. The van der Waals surface area contributed by atoms with E-state index in [0.717, 1.165) is 87.6 Å². The molecule has 60 heavy (non-hydrogen) atoms. The molecule has 8 rings (SSSR count). The van der Waals surface area contributed by atoms with Gasteiger partial charge in [0.15, 0.2) is 5.82 Å². The van der Waals surface area contributed by atoms with Gasteiger partial charge in [-0.25, -0.2) is 9.78 Å². The maximum atomic E-state index is 12.9. The number of ether oxygens (including phenoxy) is 1. The first-order chi connectivity index (χ1) is 29.0. The van der Waals surface area contributed by atoms with Gasteiger partial charge in [0.25, 0.3) is 0 Å². The van der Waals surface area contributed by atoms with Gasteiger partial charge < -0.3 is 34.6 Å². The summed E-state index contributed by atoms with van der Waals surface area (Å²) in [6, 6.07) is 22.1. The number of nitrogens with one attached hydrogen (secondary N) is 3. The molecule has 0 spiro atoms. The fourth-order valence-corrected chi connectivity index (χ4v) is 10.3. The van der Waals surface area contributed by atoms with Crippen LogP contribution in [0.2, 0.25) is 5.02 Å². The highest BCUT2D eigenvalue weighted by Gasteiger charge is 2.30. The van der Waals surface area contributed by atoms with Gasteiger partial charge in [-0.15, -0.1) is 0 Å². The largest absolute Gasteiger partial charge is 0.494 e. The molecule has 14 nitrogen and oxygen atoms in total. The first-order valence-electron chi connectivity index (χ1n) is 21.1. The number of nitrogens with zero attached hydrogens (tertiary/aromatic N) is 7. The molecule has 1 aromatic heterocycles. The normalized spacial score (nSPS) is 19.0. The first-order valence-corrected chi connectivity index (χ1v) is 24.1. The van der Waals surface area contributed by atoms with Gasteiger partial charge in [0.2, 0.25) is 11.9 Å². The van der Waals surface area contributed by atoms with E-state index in [-0.39, 0.29) is 11.9 Å². The van der Waals surface area contributed by atoms with Crippen molar-refractivity contribution in [3.8, 4) is 5.75 Å². The molecule has 3 aromatic carbocycles. The molecule has 0 aliphatic carbocycles. The number of carbonyl (C=O) groups excluding carboxylic acids is 2. The topological polar surface area (TPSA) is 139 Å². The third kappa shape index (κ3) is 9.84. The van der Waals surface area contributed by atoms with Crippen molar-refractivity contribution >= 4 is 76.2 Å². The quantitative estimate of drug-likeness (QED) is 0.129. The van der Waals surface area contributed by atoms with Crippen LogP contribution in [0.25, 0.3) is 0 Å². The van der Waals surface area contributed by atoms with Crippen molar-refractivity contribution in [2.45, 2.75) is 38.1 Å². The van der Waals surface area contributed by atoms with Gasteiger partial charge >= 0.3 is 6.03 Å². The van der Waals surface area contributed by atoms with Crippen LogP contribution in [-0.2, 0) is 9.36 Å². The number of methoxy groups -OCH3 is 1. The molecule has 4 fully saturated rings. The number of piperazine rings is 1. The molecule has 4 aromatic rings. The highest BCUT2D eigenvalue weighted by molar-refractivity contribution is 7.70. The maximum absolute atomic E-state index is 12.9. The summed E-state index contributed by atoms with van der Waals surface area (Å²) >= 11 is 6.49. The molecule has 318 valence electrons. The Kier molecular flexibility index (Phi) is 12.8. The van der Waals surface area contributed by atoms with Gasteiger partial charge in [-0.1, -0.05) is 23.7 Å². The number of benzene rings is 3. The average Bonchev–Trinajstić information content (AvgIpc) is 3.25. The number of hydrogen-bond acceptors (Lipinski definition) is 12. The highest BCUT2D eigenvalue weighted by atomic mass is 35.5. The van der Waals surface area contributed by atoms with E-state index in [4.69, 9.17) is 16.3 Å². The van der Waals surface area contributed by atoms with E-state index in [2.05, 4.69) is 69.8 Å². The molecule has 4 aliphatic rings. The number of urea groups is 1. The van der Waals surface area contributed by atoms with Crippen LogP contribution in [0.5, 0.6) is 5.75 Å². The molecule has 4 aliphatic heterocycles. The number of anilines is 7. The molecule has 3 amide bonds. The zero-order valence-corrected chi connectivity index (χ0v) is 36.4. The molecule has 0 saturated carbocycles. The fourth-order valence-electron chi connectivity index (χ4n) is 8.98. The molecular weight excluding hydrogens is 799 g/mol. The summed E-state index contributed by atoms with van der Waals surface area (Å²) in [5, 5.41) is 10.0. The van der Waals surface area contributed by atoms with Crippen molar-refractivity contribution < 1.29 is 18.9 Å². The van der Waals surface area contributed by atoms with Crippen LogP contribution >= 0.6 is 18.7 Å². The zero-order chi connectivity index (χ0) is 41.8. The molecule has 3 N–H and O–H groups in total. The molecule has 0 unspecified atom stereocenters. The predicted molar refractivity (Wildman–Crippen MR) is 242 cm³/mol. The van der Waals surface area contributed by atoms with E-state index in [0.29, 0.717) is 53.2 Å². The summed E-state index contributed by atoms with van der Waals surface area (Å²) in [6.45, 7) is 13.7. The number of rotatable bonds is 12. The molecular formula is C44H56ClN10O4P. The molecule has 5 heterocycles. The Morgan fingerprint density at radius 1 is 0.800 bits per heavy atom. The van der Waals surface area contributed by atoms with Crippen LogP contribution < -0.4 is 40.7 Å². The Morgan fingerprint density at radius 3 is 2.17 bits per heavy atom. The first kappa shape index (κ1) is 41.8. The van der Waals surface area contributed by atoms with Crippen LogP contribution in [0.4, 0.5) is 45.0 Å². The van der Waals surface area contributed by atoms with Gasteiger partial charge in [0.1, 0.15) is 17.9 Å². The van der Waals surface area contributed by atoms with Gasteiger partial charge in [0, 0.05) is 106 Å². The average molecular weight is 855 g/mol. The number of hydrogen-bond donors (Lipinski definition) is 3. The lowest BCUT2D eigenvalue weighted by atomic mass is 9.95. The minimum atomic E-state index is -2.54. The second kappa shape index (κ2) is 18.4. The minimum absolute atomic E-state index is 0.213. The van der Waals surface area contributed by atoms with Crippen molar-refractivity contribution in [2.24, 2.45) is 5.92 Å². The molecule has 4 saturated heterocycles. The monoisotopic (exact) mass is 854 g/mol. The van der Waals surface area contributed by atoms with Crippen LogP contribution in [0.15, 0.2) is 72.9 Å². The number of para-hydroxylation sites is 1. The third-order valence-electron chi connectivity index (χ3n) is 12.4. The zero-order valence-electron chi connectivity index (χ0n) is 34.8. The smallest absolute Gasteiger partial charge is 0.328 e. The lowest BCUT2D eigenvalue weighted by Crippen LogP contribution is -2.54. The number of piperidine rings is 2. The molecule has 0 bridgehead atoms. The number of carbonyl (C=O) groups is 2. The summed E-state index contributed by atoms with van der Waals surface area (Å²) in [5.74, 6) is 1.98. The summed E-state index contributed by atoms with van der Waals surface area (Å²) in [7, 11) is -0.865. The SMILES string of the molecule is COc1cc(N2CCC(N3CCN(CC4CCN(c5ccc(N6CCC(=O)NC6=O)cc5)CC4)CC3)CC2)ccc1Nc1ncc(Cl)c(Nc2ccccc2P(C)(C)=O)n1. The third-order valence-corrected chi connectivity index (χ3v) is 14.2. The minimum Gasteiger partial charge on any atom is -0.494 e. The summed E-state index contributed by atoms with van der Waals surface area (Å²) in [5.41, 5.74) is 4.59. The standard InChI is InChI=1S/C44H56ClN10O4P/c1-59-39-28-35(12-13-37(39)48-43-46-29-36(45)42(50-43)47-38-6-4-5-7-40(38)60(2,3)58)53-21-16-33(17-22-53)54-26-24-51(25-27-54)30-31-14-19-52(20-15-31)32-8-10-34(11-9-32)55-23-18-41(56)49-44(55)57/h4-13,28-29,31,33H,14-27,30H2,1-3H3,(H,49,56,57)(H2,46,47,48,50). The van der Waals surface area contributed by atoms with Crippen LogP contribution in [0.1, 0.15) is 32.1 Å². The number of imide groups is 1. The Bertz CT molecular complexity index is 2200. The Morgan fingerprint density at radius 2 is 1.47 bits per heavy atom. The van der Waals surface area contributed by atoms with Crippen molar-refractivity contribution in [1.29, 1.82) is 0 Å². The molecule has 0 radical (unpaired) electrons. The second-order valence-electron chi connectivity index (χ2n) is 16.6. The van der Waals surface area contributed by atoms with Crippen LogP contribution in [0.3, 0.4) is 0 Å². The van der Waals surface area contributed by atoms with Gasteiger partial charge in [0.05, 0.1) is 24.7 Å². The Balaban J connectivity index is 0.778. The molecule has 0 atom stereocenters. The number of amides is 3. The highest BCUT2D eigenvalue weighted by Crippen LogP contribution is 2.39. The summed E-state index contributed by atoms with van der Waals surface area (Å²) in [6.07, 6.45) is 6.52. The van der Waals surface area contributed by atoms with Gasteiger partial charge in [-0.3, -0.25) is 19.9 Å². The van der Waals surface area contributed by atoms with Crippen molar-refractivity contribution in [2.75, 3.05) is 111 Å². The van der Waals surface area contributed by atoms with E-state index >= 15 is 0 Å². The molecule has 16 heteroatoms. The fraction of sp³-hybridized carbons (Fsp3) is 0.455. The lowest BCUT2D eigenvalue weighted by Gasteiger charge is -2.44. The Hall–Kier alpha value is -4.88. The summed E-state index contributed by atoms with van der Waals surface area (Å²) in [4.78, 5) is 44.8. The summed E-state index contributed by atoms with van der Waals surface area (Å²) < 4.78 is 18.7.